The first-order valence-corrected chi connectivity index (χ1v) is 8.24. The number of nitrogens with two attached hydrogens (primary N) is 1. The van der Waals surface area contributed by atoms with Crippen molar-refractivity contribution in [3.8, 4) is 0 Å². The molecule has 0 atom stereocenters. The van der Waals surface area contributed by atoms with Crippen LogP contribution in [0.3, 0.4) is 0 Å². The minimum Gasteiger partial charge on any atom is -0.366 e. The van der Waals surface area contributed by atoms with Crippen molar-refractivity contribution in [2.24, 2.45) is 5.73 Å². The van der Waals surface area contributed by atoms with Crippen molar-refractivity contribution in [1.29, 1.82) is 0 Å². The Kier molecular flexibility index (Phi) is 4.76. The molecule has 5 nitrogen and oxygen atoms in total. The molecule has 1 aliphatic heterocycles. The molecule has 0 unspecified atom stereocenters. The molecule has 0 bridgehead atoms. The number of carbonyl (C=O) groups is 2. The van der Waals surface area contributed by atoms with E-state index in [1.165, 1.54) is 12.8 Å². The van der Waals surface area contributed by atoms with E-state index in [1.807, 2.05) is 4.90 Å². The summed E-state index contributed by atoms with van der Waals surface area (Å²) in [5, 5.41) is 0. The first kappa shape index (κ1) is 15.7. The third kappa shape index (κ3) is 4.20. The summed E-state index contributed by atoms with van der Waals surface area (Å²) in [6.07, 6.45) is 7.08. The van der Waals surface area contributed by atoms with Crippen LogP contribution in [0.15, 0.2) is 30.3 Å². The van der Waals surface area contributed by atoms with Gasteiger partial charge in [0.05, 0.1) is 0 Å². The number of rotatable bonds is 4. The Morgan fingerprint density at radius 1 is 1.04 bits per heavy atom. The van der Waals surface area contributed by atoms with E-state index in [0.717, 1.165) is 44.2 Å². The second kappa shape index (κ2) is 6.96. The average Bonchev–Trinajstić information content (AvgIpc) is 3.38. The number of hydrogen-bond acceptors (Lipinski definition) is 3. The van der Waals surface area contributed by atoms with E-state index < -0.39 is 5.91 Å². The zero-order chi connectivity index (χ0) is 16.2. The van der Waals surface area contributed by atoms with Gasteiger partial charge in [0.1, 0.15) is 0 Å². The van der Waals surface area contributed by atoms with Crippen LogP contribution in [0.2, 0.25) is 0 Å². The predicted molar refractivity (Wildman–Crippen MR) is 89.8 cm³/mol. The molecule has 5 heteroatoms. The van der Waals surface area contributed by atoms with Crippen LogP contribution in [0.1, 0.15) is 35.2 Å². The fourth-order valence-electron chi connectivity index (χ4n) is 2.99. The lowest BCUT2D eigenvalue weighted by molar-refractivity contribution is -0.125. The van der Waals surface area contributed by atoms with Crippen molar-refractivity contribution < 1.29 is 9.59 Å². The van der Waals surface area contributed by atoms with Crippen molar-refractivity contribution in [2.75, 3.05) is 26.2 Å². The Hall–Kier alpha value is -2.14. The minimum atomic E-state index is -0.443. The largest absolute Gasteiger partial charge is 0.366 e. The second-order valence-electron chi connectivity index (χ2n) is 6.27. The van der Waals surface area contributed by atoms with Gasteiger partial charge in [-0.1, -0.05) is 12.1 Å². The lowest BCUT2D eigenvalue weighted by Gasteiger charge is -2.20. The quantitative estimate of drug-likeness (QED) is 0.857. The molecule has 3 rings (SSSR count). The fraction of sp³-hybridized carbons (Fsp3) is 0.444. The molecular formula is C18H23N3O2. The molecule has 1 aliphatic carbocycles. The van der Waals surface area contributed by atoms with Crippen molar-refractivity contribution >= 4 is 17.9 Å². The van der Waals surface area contributed by atoms with Gasteiger partial charge in [0.25, 0.3) is 0 Å². The number of carbonyl (C=O) groups excluding carboxylic acids is 2. The molecule has 0 spiro atoms. The van der Waals surface area contributed by atoms with Crippen LogP contribution >= 0.6 is 0 Å². The van der Waals surface area contributed by atoms with E-state index in [9.17, 15) is 9.59 Å². The number of hydrogen-bond donors (Lipinski definition) is 1. The summed E-state index contributed by atoms with van der Waals surface area (Å²) in [5.41, 5.74) is 6.57. The third-order valence-corrected chi connectivity index (χ3v) is 4.52. The van der Waals surface area contributed by atoms with E-state index in [0.29, 0.717) is 5.56 Å². The summed E-state index contributed by atoms with van der Waals surface area (Å²) >= 11 is 0. The maximum atomic E-state index is 12.3. The highest BCUT2D eigenvalue weighted by atomic mass is 16.2. The predicted octanol–water partition coefficient (Wildman–Crippen LogP) is 1.50. The monoisotopic (exact) mass is 313 g/mol. The van der Waals surface area contributed by atoms with Gasteiger partial charge in [-0.2, -0.15) is 0 Å². The summed E-state index contributed by atoms with van der Waals surface area (Å²) in [4.78, 5) is 27.8. The van der Waals surface area contributed by atoms with Gasteiger partial charge < -0.3 is 10.6 Å². The molecule has 2 amide bonds. The summed E-state index contributed by atoms with van der Waals surface area (Å²) in [7, 11) is 0. The normalized spacial score (nSPS) is 19.7. The number of amides is 2. The summed E-state index contributed by atoms with van der Waals surface area (Å²) in [6, 6.07) is 7.70. The van der Waals surface area contributed by atoms with Gasteiger partial charge in [-0.3, -0.25) is 14.5 Å². The second-order valence-corrected chi connectivity index (χ2v) is 6.27. The summed E-state index contributed by atoms with van der Waals surface area (Å²) in [6.45, 7) is 3.72. The summed E-state index contributed by atoms with van der Waals surface area (Å²) < 4.78 is 0. The molecule has 23 heavy (non-hydrogen) atoms. The maximum Gasteiger partial charge on any atom is 0.248 e. The first-order chi connectivity index (χ1) is 11.1. The van der Waals surface area contributed by atoms with E-state index in [1.54, 1.807) is 36.4 Å². The van der Waals surface area contributed by atoms with Crippen LogP contribution in [0.5, 0.6) is 0 Å². The van der Waals surface area contributed by atoms with Gasteiger partial charge in [-0.25, -0.2) is 0 Å². The summed E-state index contributed by atoms with van der Waals surface area (Å²) in [5.74, 6) is -0.386. The lowest BCUT2D eigenvalue weighted by Crippen LogP contribution is -2.34. The molecule has 1 heterocycles. The Morgan fingerprint density at radius 3 is 2.43 bits per heavy atom. The van der Waals surface area contributed by atoms with Crippen LogP contribution in [0.25, 0.3) is 6.08 Å². The average molecular weight is 313 g/mol. The SMILES string of the molecule is NC(=O)c1ccc(C=CC(=O)N2CCCN(C3CC3)CC2)cc1. The first-order valence-electron chi connectivity index (χ1n) is 8.24. The van der Waals surface area contributed by atoms with Gasteiger partial charge in [0.15, 0.2) is 0 Å². The van der Waals surface area contributed by atoms with E-state index in [4.69, 9.17) is 5.73 Å². The molecule has 0 radical (unpaired) electrons. The topological polar surface area (TPSA) is 66.6 Å². The Morgan fingerprint density at radius 2 is 1.78 bits per heavy atom. The van der Waals surface area contributed by atoms with Gasteiger partial charge in [-0.15, -0.1) is 0 Å². The Bertz CT molecular complexity index is 605. The minimum absolute atomic E-state index is 0.0571. The van der Waals surface area contributed by atoms with Crippen molar-refractivity contribution in [2.45, 2.75) is 25.3 Å². The van der Waals surface area contributed by atoms with E-state index in [-0.39, 0.29) is 5.91 Å². The molecule has 1 aromatic rings. The molecule has 1 aromatic carbocycles. The number of primary amides is 1. The van der Waals surface area contributed by atoms with Crippen molar-refractivity contribution in [3.05, 3.63) is 41.5 Å². The zero-order valence-electron chi connectivity index (χ0n) is 13.3. The van der Waals surface area contributed by atoms with Crippen molar-refractivity contribution in [3.63, 3.8) is 0 Å². The van der Waals surface area contributed by atoms with Gasteiger partial charge in [0.2, 0.25) is 11.8 Å². The highest BCUT2D eigenvalue weighted by Crippen LogP contribution is 2.27. The van der Waals surface area contributed by atoms with E-state index >= 15 is 0 Å². The van der Waals surface area contributed by atoms with Crippen LogP contribution in [-0.4, -0.2) is 53.8 Å². The standard InChI is InChI=1S/C18H23N3O2/c19-18(23)15-5-2-14(3-6-15)4-9-17(22)21-11-1-10-20(12-13-21)16-7-8-16/h2-6,9,16H,1,7-8,10-13H2,(H2,19,23). The van der Waals surface area contributed by atoms with Gasteiger partial charge >= 0.3 is 0 Å². The smallest absolute Gasteiger partial charge is 0.248 e. The lowest BCUT2D eigenvalue weighted by atomic mass is 10.1. The molecule has 1 saturated heterocycles. The highest BCUT2D eigenvalue weighted by molar-refractivity contribution is 5.94. The molecular weight excluding hydrogens is 290 g/mol. The maximum absolute atomic E-state index is 12.3. The van der Waals surface area contributed by atoms with Crippen LogP contribution in [0, 0.1) is 0 Å². The molecule has 2 N–H and O–H groups in total. The molecule has 2 fully saturated rings. The molecule has 1 saturated carbocycles. The van der Waals surface area contributed by atoms with Gasteiger partial charge in [0, 0.05) is 43.9 Å². The number of nitrogens with zero attached hydrogens (tertiary/aromatic N) is 2. The van der Waals surface area contributed by atoms with Crippen LogP contribution in [0.4, 0.5) is 0 Å². The van der Waals surface area contributed by atoms with E-state index in [2.05, 4.69) is 4.90 Å². The third-order valence-electron chi connectivity index (χ3n) is 4.52. The number of benzene rings is 1. The molecule has 0 aromatic heterocycles. The zero-order valence-corrected chi connectivity index (χ0v) is 13.3. The Labute approximate surface area is 136 Å². The van der Waals surface area contributed by atoms with Crippen molar-refractivity contribution in [1.82, 2.24) is 9.80 Å². The molecule has 2 aliphatic rings. The molecule has 122 valence electrons. The van der Waals surface area contributed by atoms with Gasteiger partial charge in [-0.05, 0) is 43.0 Å². The highest BCUT2D eigenvalue weighted by Gasteiger charge is 2.30. The Balaban J connectivity index is 1.56. The van der Waals surface area contributed by atoms with Crippen LogP contribution in [-0.2, 0) is 4.79 Å². The van der Waals surface area contributed by atoms with Crippen LogP contribution < -0.4 is 5.73 Å². The fourth-order valence-corrected chi connectivity index (χ4v) is 2.99.